The first kappa shape index (κ1) is 12.2. The van der Waals surface area contributed by atoms with E-state index in [0.29, 0.717) is 5.96 Å². The Morgan fingerprint density at radius 2 is 2.24 bits per heavy atom. The molecule has 0 aliphatic carbocycles. The highest BCUT2D eigenvalue weighted by Gasteiger charge is 2.33. The lowest BCUT2D eigenvalue weighted by Crippen LogP contribution is -2.42. The molecule has 0 fully saturated rings. The third kappa shape index (κ3) is 2.22. The van der Waals surface area contributed by atoms with Crippen LogP contribution in [0.2, 0.25) is 0 Å². The molecule has 1 atom stereocenters. The van der Waals surface area contributed by atoms with Gasteiger partial charge in [0.1, 0.15) is 0 Å². The van der Waals surface area contributed by atoms with Crippen LogP contribution in [-0.2, 0) is 5.54 Å². The molecule has 3 nitrogen and oxygen atoms in total. The summed E-state index contributed by atoms with van der Waals surface area (Å²) >= 11 is 3.48. The number of hydrogen-bond acceptors (Lipinski definition) is 3. The molecule has 17 heavy (non-hydrogen) atoms. The molecular weight excluding hydrogens is 278 g/mol. The molecule has 0 spiro atoms. The minimum Gasteiger partial charge on any atom is -0.370 e. The zero-order valence-electron chi connectivity index (χ0n) is 10.1. The Bertz CT molecular complexity index is 495. The van der Waals surface area contributed by atoms with Crippen molar-refractivity contribution in [1.82, 2.24) is 4.90 Å². The number of halogens is 1. The van der Waals surface area contributed by atoms with E-state index in [1.807, 2.05) is 24.1 Å². The number of aliphatic imine (C=N–C) groups is 1. The first-order valence-electron chi connectivity index (χ1n) is 5.45. The second-order valence-electron chi connectivity index (χ2n) is 4.56. The van der Waals surface area contributed by atoms with E-state index in [0.717, 1.165) is 22.2 Å². The lowest BCUT2D eigenvalue weighted by atomic mass is 9.87. The highest BCUT2D eigenvalue weighted by molar-refractivity contribution is 9.10. The van der Waals surface area contributed by atoms with E-state index in [1.165, 1.54) is 0 Å². The first-order valence-corrected chi connectivity index (χ1v) is 6.24. The van der Waals surface area contributed by atoms with Crippen LogP contribution < -0.4 is 5.73 Å². The summed E-state index contributed by atoms with van der Waals surface area (Å²) in [7, 11) is 1.89. The second kappa shape index (κ2) is 4.18. The number of benzene rings is 1. The Hall–Kier alpha value is -1.29. The van der Waals surface area contributed by atoms with Crippen molar-refractivity contribution in [2.45, 2.75) is 18.9 Å². The van der Waals surface area contributed by atoms with Crippen molar-refractivity contribution in [3.05, 3.63) is 46.6 Å². The van der Waals surface area contributed by atoms with Crippen molar-refractivity contribution < 1.29 is 0 Å². The molecule has 90 valence electrons. The van der Waals surface area contributed by atoms with Gasteiger partial charge >= 0.3 is 0 Å². The molecule has 1 aliphatic heterocycles. The van der Waals surface area contributed by atoms with Gasteiger partial charge in [0.2, 0.25) is 0 Å². The summed E-state index contributed by atoms with van der Waals surface area (Å²) in [5, 5.41) is 0. The topological polar surface area (TPSA) is 41.6 Å². The molecule has 0 saturated carbocycles. The van der Waals surface area contributed by atoms with Gasteiger partial charge < -0.3 is 10.6 Å². The molecule has 2 N–H and O–H groups in total. The van der Waals surface area contributed by atoms with E-state index in [1.54, 1.807) is 0 Å². The van der Waals surface area contributed by atoms with Gasteiger partial charge in [-0.1, -0.05) is 34.6 Å². The predicted molar refractivity (Wildman–Crippen MR) is 74.6 cm³/mol. The fourth-order valence-electron chi connectivity index (χ4n) is 2.04. The van der Waals surface area contributed by atoms with Gasteiger partial charge in [-0.15, -0.1) is 0 Å². The molecule has 4 heteroatoms. The van der Waals surface area contributed by atoms with E-state index >= 15 is 0 Å². The van der Waals surface area contributed by atoms with Crippen LogP contribution in [0.1, 0.15) is 18.9 Å². The highest BCUT2D eigenvalue weighted by Crippen LogP contribution is 2.36. The van der Waals surface area contributed by atoms with Gasteiger partial charge in [0.05, 0.1) is 5.54 Å². The van der Waals surface area contributed by atoms with Crippen LogP contribution in [0.3, 0.4) is 0 Å². The van der Waals surface area contributed by atoms with Crippen molar-refractivity contribution in [2.24, 2.45) is 10.7 Å². The van der Waals surface area contributed by atoms with Crippen molar-refractivity contribution in [2.75, 3.05) is 7.05 Å². The molecule has 1 aromatic rings. The third-order valence-electron chi connectivity index (χ3n) is 3.17. The average molecular weight is 294 g/mol. The summed E-state index contributed by atoms with van der Waals surface area (Å²) in [6.07, 6.45) is 0.778. The zero-order chi connectivity index (χ0) is 12.6. The largest absolute Gasteiger partial charge is 0.370 e. The number of rotatable bonds is 1. The van der Waals surface area contributed by atoms with E-state index in [4.69, 9.17) is 5.73 Å². The van der Waals surface area contributed by atoms with Gasteiger partial charge in [0.15, 0.2) is 5.96 Å². The molecule has 1 aromatic carbocycles. The second-order valence-corrected chi connectivity index (χ2v) is 5.47. The van der Waals surface area contributed by atoms with E-state index in [2.05, 4.69) is 46.6 Å². The standard InChI is InChI=1S/C13H16BrN3/c1-9-8-13(2,16-12(15)17(9)3)10-5-4-6-11(14)7-10/h4-7H,1,8H2,2-3H3,(H2,15,16). The van der Waals surface area contributed by atoms with Crippen molar-refractivity contribution in [1.29, 1.82) is 0 Å². The number of nitrogens with two attached hydrogens (primary N) is 1. The maximum atomic E-state index is 5.92. The Labute approximate surface area is 110 Å². The van der Waals surface area contributed by atoms with E-state index < -0.39 is 0 Å². The minimum absolute atomic E-state index is 0.322. The third-order valence-corrected chi connectivity index (χ3v) is 3.67. The molecule has 0 saturated heterocycles. The molecule has 1 unspecified atom stereocenters. The van der Waals surface area contributed by atoms with Crippen LogP contribution in [-0.4, -0.2) is 17.9 Å². The fraction of sp³-hybridized carbons (Fsp3) is 0.308. The van der Waals surface area contributed by atoms with Crippen molar-refractivity contribution >= 4 is 21.9 Å². The molecule has 2 rings (SSSR count). The molecule has 1 heterocycles. The summed E-state index contributed by atoms with van der Waals surface area (Å²) in [5.41, 5.74) is 7.73. The van der Waals surface area contributed by atoms with Gasteiger partial charge in [-0.05, 0) is 24.6 Å². The van der Waals surface area contributed by atoms with Crippen LogP contribution in [0, 0.1) is 0 Å². The zero-order valence-corrected chi connectivity index (χ0v) is 11.7. The summed E-state index contributed by atoms with van der Waals surface area (Å²) in [5.74, 6) is 0.517. The van der Waals surface area contributed by atoms with E-state index in [-0.39, 0.29) is 5.54 Å². The maximum absolute atomic E-state index is 5.92. The monoisotopic (exact) mass is 293 g/mol. The Kier molecular flexibility index (Phi) is 3.00. The first-order chi connectivity index (χ1) is 7.92. The predicted octanol–water partition coefficient (Wildman–Crippen LogP) is 2.83. The number of nitrogens with zero attached hydrogens (tertiary/aromatic N) is 2. The molecule has 0 amide bonds. The number of guanidine groups is 1. The van der Waals surface area contributed by atoms with Crippen molar-refractivity contribution in [3.8, 4) is 0 Å². The summed E-state index contributed by atoms with van der Waals surface area (Å²) < 4.78 is 1.05. The Balaban J connectivity index is 2.47. The number of hydrogen-bond donors (Lipinski definition) is 1. The normalized spacial score (nSPS) is 24.8. The van der Waals surface area contributed by atoms with Gasteiger partial charge in [0, 0.05) is 23.6 Å². The van der Waals surface area contributed by atoms with Gasteiger partial charge in [-0.3, -0.25) is 0 Å². The Morgan fingerprint density at radius 1 is 1.53 bits per heavy atom. The van der Waals surface area contributed by atoms with Gasteiger partial charge in [0.25, 0.3) is 0 Å². The highest BCUT2D eigenvalue weighted by atomic mass is 79.9. The quantitative estimate of drug-likeness (QED) is 0.865. The molecule has 1 aliphatic rings. The summed E-state index contributed by atoms with van der Waals surface area (Å²) in [4.78, 5) is 6.43. The average Bonchev–Trinajstić information content (AvgIpc) is 2.26. The summed E-state index contributed by atoms with van der Waals surface area (Å²) in [6.45, 7) is 6.13. The Morgan fingerprint density at radius 3 is 2.82 bits per heavy atom. The smallest absolute Gasteiger partial charge is 0.196 e. The molecule has 0 aromatic heterocycles. The van der Waals surface area contributed by atoms with Gasteiger partial charge in [-0.25, -0.2) is 4.99 Å². The van der Waals surface area contributed by atoms with E-state index in [9.17, 15) is 0 Å². The molecule has 0 radical (unpaired) electrons. The summed E-state index contributed by atoms with van der Waals surface area (Å²) in [6, 6.07) is 8.16. The van der Waals surface area contributed by atoms with Crippen LogP contribution in [0.4, 0.5) is 0 Å². The molecule has 0 bridgehead atoms. The minimum atomic E-state index is -0.322. The van der Waals surface area contributed by atoms with Crippen LogP contribution in [0.5, 0.6) is 0 Å². The van der Waals surface area contributed by atoms with Gasteiger partial charge in [-0.2, -0.15) is 0 Å². The lowest BCUT2D eigenvalue weighted by Gasteiger charge is -2.36. The van der Waals surface area contributed by atoms with Crippen LogP contribution >= 0.6 is 15.9 Å². The van der Waals surface area contributed by atoms with Crippen LogP contribution in [0.25, 0.3) is 0 Å². The fourth-order valence-corrected chi connectivity index (χ4v) is 2.43. The lowest BCUT2D eigenvalue weighted by molar-refractivity contribution is 0.400. The van der Waals surface area contributed by atoms with Crippen LogP contribution in [0.15, 0.2) is 46.0 Å². The van der Waals surface area contributed by atoms with Crippen molar-refractivity contribution in [3.63, 3.8) is 0 Å². The maximum Gasteiger partial charge on any atom is 0.196 e. The molecular formula is C13H16BrN3. The SMILES string of the molecule is C=C1CC(C)(c2cccc(Br)c2)N=C(N)N1C.